The summed E-state index contributed by atoms with van der Waals surface area (Å²) in [6, 6.07) is 6.93. The predicted octanol–water partition coefficient (Wildman–Crippen LogP) is 3.07. The average molecular weight is 539 g/mol. The van der Waals surface area contributed by atoms with E-state index >= 15 is 0 Å². The Hall–Kier alpha value is -4.69. The lowest BCUT2D eigenvalue weighted by Crippen LogP contribution is -2.51. The third-order valence-corrected chi connectivity index (χ3v) is 7.69. The molecule has 5 aromatic rings. The summed E-state index contributed by atoms with van der Waals surface area (Å²) in [5, 5.41) is 15.3. The van der Waals surface area contributed by atoms with Gasteiger partial charge >= 0.3 is 0 Å². The van der Waals surface area contributed by atoms with Crippen LogP contribution in [0, 0.1) is 18.2 Å². The number of nitrogens with zero attached hydrogens (tertiary/aromatic N) is 7. The molecule has 0 aliphatic carbocycles. The Labute approximate surface area is 229 Å². The lowest BCUT2D eigenvalue weighted by molar-refractivity contribution is 0.290. The van der Waals surface area contributed by atoms with E-state index in [-0.39, 0.29) is 17.9 Å². The van der Waals surface area contributed by atoms with E-state index in [9.17, 15) is 9.50 Å². The molecule has 40 heavy (non-hydrogen) atoms. The van der Waals surface area contributed by atoms with Crippen LogP contribution in [0.25, 0.3) is 21.9 Å². The smallest absolute Gasteiger partial charge is 0.247 e. The van der Waals surface area contributed by atoms with Gasteiger partial charge in [-0.3, -0.25) is 0 Å². The Morgan fingerprint density at radius 2 is 2.00 bits per heavy atom. The van der Waals surface area contributed by atoms with Crippen molar-refractivity contribution in [1.82, 2.24) is 34.4 Å². The van der Waals surface area contributed by atoms with Crippen LogP contribution in [0.5, 0.6) is 11.6 Å². The van der Waals surface area contributed by atoms with Gasteiger partial charge in [-0.2, -0.15) is 9.97 Å². The zero-order chi connectivity index (χ0) is 27.2. The van der Waals surface area contributed by atoms with E-state index in [1.54, 1.807) is 37.1 Å². The summed E-state index contributed by atoms with van der Waals surface area (Å²) in [6.07, 6.45) is 15.0. The van der Waals surface area contributed by atoms with Crippen LogP contribution in [0.1, 0.15) is 24.0 Å². The maximum absolute atomic E-state index is 14.7. The number of halogens is 1. The van der Waals surface area contributed by atoms with Gasteiger partial charge in [0, 0.05) is 43.0 Å². The largest absolute Gasteiger partial charge is 0.508 e. The maximum atomic E-state index is 14.7. The summed E-state index contributed by atoms with van der Waals surface area (Å²) in [6.45, 7) is 2.87. The van der Waals surface area contributed by atoms with Crippen molar-refractivity contribution in [2.75, 3.05) is 24.6 Å². The van der Waals surface area contributed by atoms with Gasteiger partial charge in [0.15, 0.2) is 11.2 Å². The Balaban J connectivity index is 1.30. The number of hydrogen-bond donors (Lipinski definition) is 2. The molecule has 2 aromatic carbocycles. The number of aromatic nitrogens is 6. The van der Waals surface area contributed by atoms with Crippen molar-refractivity contribution >= 4 is 27.9 Å². The van der Waals surface area contributed by atoms with Crippen LogP contribution in [0.15, 0.2) is 49.3 Å². The first-order valence-electron chi connectivity index (χ1n) is 13.3. The zero-order valence-corrected chi connectivity index (χ0v) is 21.7. The topological polar surface area (TPSA) is 106 Å². The number of aromatic hydroxyl groups is 1. The molecule has 202 valence electrons. The van der Waals surface area contributed by atoms with Crippen molar-refractivity contribution in [3.8, 4) is 24.0 Å². The molecule has 0 saturated carbocycles. The third-order valence-electron chi connectivity index (χ3n) is 7.69. The van der Waals surface area contributed by atoms with Crippen molar-refractivity contribution in [2.24, 2.45) is 0 Å². The highest BCUT2D eigenvalue weighted by Gasteiger charge is 2.34. The first-order chi connectivity index (χ1) is 19.6. The number of phenolic OH excluding ortho intramolecular Hbond substituents is 1. The van der Waals surface area contributed by atoms with Crippen LogP contribution in [0.2, 0.25) is 0 Å². The summed E-state index contributed by atoms with van der Waals surface area (Å²) in [7, 11) is 0. The zero-order valence-electron chi connectivity index (χ0n) is 21.7. The SMILES string of the molecule is C#Cc1c(F)ccc2cc(O)cc(Cn3cnc4c(OCCn5ccnc5)nc(N5C[C@H]6CC[C@@H](C5)N6)nc43)c12. The number of rotatable bonds is 7. The minimum absolute atomic E-state index is 0.0663. The number of imidazole rings is 2. The van der Waals surface area contributed by atoms with Gasteiger partial charge in [-0.1, -0.05) is 12.0 Å². The van der Waals surface area contributed by atoms with Crippen molar-refractivity contribution in [3.05, 3.63) is 66.3 Å². The summed E-state index contributed by atoms with van der Waals surface area (Å²) in [4.78, 5) is 20.7. The molecule has 2 aliphatic heterocycles. The van der Waals surface area contributed by atoms with Crippen LogP contribution in [-0.2, 0) is 13.1 Å². The minimum atomic E-state index is -0.482. The molecule has 2 fully saturated rings. The molecule has 2 N–H and O–H groups in total. The second kappa shape index (κ2) is 9.81. The van der Waals surface area contributed by atoms with Crippen molar-refractivity contribution < 1.29 is 14.2 Å². The fourth-order valence-corrected chi connectivity index (χ4v) is 5.85. The van der Waals surface area contributed by atoms with Gasteiger partial charge in [0.2, 0.25) is 11.8 Å². The van der Waals surface area contributed by atoms with Crippen LogP contribution in [0.4, 0.5) is 10.3 Å². The molecule has 2 bridgehead atoms. The first-order valence-corrected chi connectivity index (χ1v) is 13.3. The molecule has 2 saturated heterocycles. The van der Waals surface area contributed by atoms with Crippen molar-refractivity contribution in [3.63, 3.8) is 0 Å². The molecule has 0 unspecified atom stereocenters. The maximum Gasteiger partial charge on any atom is 0.247 e. The molecular weight excluding hydrogens is 511 g/mol. The molecule has 7 rings (SSSR count). The lowest BCUT2D eigenvalue weighted by Gasteiger charge is -2.32. The lowest BCUT2D eigenvalue weighted by atomic mass is 9.98. The molecule has 11 heteroatoms. The first kappa shape index (κ1) is 24.4. The summed E-state index contributed by atoms with van der Waals surface area (Å²) in [5.74, 6) is 3.05. The molecule has 2 atom stereocenters. The van der Waals surface area contributed by atoms with Gasteiger partial charge in [-0.05, 0) is 42.0 Å². The fourth-order valence-electron chi connectivity index (χ4n) is 5.85. The highest BCUT2D eigenvalue weighted by molar-refractivity contribution is 5.92. The van der Waals surface area contributed by atoms with E-state index in [0.29, 0.717) is 64.6 Å². The summed E-state index contributed by atoms with van der Waals surface area (Å²) >= 11 is 0. The summed E-state index contributed by atoms with van der Waals surface area (Å²) < 4.78 is 24.6. The van der Waals surface area contributed by atoms with E-state index in [4.69, 9.17) is 21.1 Å². The number of ether oxygens (including phenoxy) is 1. The molecule has 10 nitrogen and oxygen atoms in total. The van der Waals surface area contributed by atoms with E-state index in [2.05, 4.69) is 26.1 Å². The predicted molar refractivity (Wildman–Crippen MR) is 148 cm³/mol. The number of fused-ring (bicyclic) bond motifs is 4. The van der Waals surface area contributed by atoms with Crippen LogP contribution in [0.3, 0.4) is 0 Å². The molecular formula is C29H27FN8O2. The second-order valence-corrected chi connectivity index (χ2v) is 10.3. The van der Waals surface area contributed by atoms with E-state index in [0.717, 1.165) is 25.9 Å². The van der Waals surface area contributed by atoms with Crippen LogP contribution >= 0.6 is 0 Å². The van der Waals surface area contributed by atoms with Gasteiger partial charge < -0.3 is 29.2 Å². The highest BCUT2D eigenvalue weighted by atomic mass is 19.1. The Kier molecular flexibility index (Phi) is 5.97. The molecule has 0 spiro atoms. The van der Waals surface area contributed by atoms with Gasteiger partial charge in [0.1, 0.15) is 18.2 Å². The molecule has 0 radical (unpaired) electrons. The second-order valence-electron chi connectivity index (χ2n) is 10.3. The van der Waals surface area contributed by atoms with Crippen LogP contribution < -0.4 is 15.0 Å². The standard InChI is InChI=1S/C29H27FN8O2/c1-2-23-24(30)6-3-18-11-22(39)12-19(25(18)23)13-38-17-32-26-27(38)34-29(37-14-20-4-5-21(15-37)33-20)35-28(26)40-10-9-36-8-7-31-16-36/h1,3,6-8,11-12,16-17,20-21,33,39H,4-5,9-10,13-15H2/t20-,21+. The Morgan fingerprint density at radius 3 is 2.77 bits per heavy atom. The van der Waals surface area contributed by atoms with Gasteiger partial charge in [-0.15, -0.1) is 6.42 Å². The molecule has 5 heterocycles. The quantitative estimate of drug-likeness (QED) is 0.305. The number of nitrogens with one attached hydrogen (secondary N) is 1. The number of piperazine rings is 1. The normalized spacial score (nSPS) is 18.4. The van der Waals surface area contributed by atoms with E-state index < -0.39 is 5.82 Å². The number of benzene rings is 2. The molecule has 0 amide bonds. The minimum Gasteiger partial charge on any atom is -0.508 e. The van der Waals surface area contributed by atoms with Crippen molar-refractivity contribution in [2.45, 2.75) is 38.0 Å². The number of anilines is 1. The number of hydrogen-bond acceptors (Lipinski definition) is 8. The van der Waals surface area contributed by atoms with Gasteiger partial charge in [0.25, 0.3) is 0 Å². The molecule has 3 aromatic heterocycles. The number of terminal acetylenes is 1. The van der Waals surface area contributed by atoms with E-state index in [1.165, 1.54) is 6.07 Å². The van der Waals surface area contributed by atoms with Gasteiger partial charge in [0.05, 0.1) is 31.3 Å². The summed E-state index contributed by atoms with van der Waals surface area (Å²) in [5.41, 5.74) is 1.93. The van der Waals surface area contributed by atoms with Crippen LogP contribution in [-0.4, -0.2) is 66.0 Å². The van der Waals surface area contributed by atoms with Crippen molar-refractivity contribution in [1.29, 1.82) is 0 Å². The average Bonchev–Trinajstić information content (AvgIpc) is 3.69. The highest BCUT2D eigenvalue weighted by Crippen LogP contribution is 2.32. The Bertz CT molecular complexity index is 1750. The Morgan fingerprint density at radius 1 is 1.15 bits per heavy atom. The monoisotopic (exact) mass is 538 g/mol. The van der Waals surface area contributed by atoms with E-state index in [1.807, 2.05) is 15.3 Å². The van der Waals surface area contributed by atoms with Gasteiger partial charge in [-0.25, -0.2) is 14.4 Å². The number of phenols is 1. The molecule has 2 aliphatic rings. The fraction of sp³-hybridized carbons (Fsp3) is 0.310. The third kappa shape index (κ3) is 4.36.